The zero-order valence-electron chi connectivity index (χ0n) is 6.54. The zero-order chi connectivity index (χ0) is 9.94. The van der Waals surface area contributed by atoms with Crippen LogP contribution in [0.25, 0.3) is 0 Å². The van der Waals surface area contributed by atoms with Gasteiger partial charge in [-0.25, -0.2) is 0 Å². The quantitative estimate of drug-likeness (QED) is 0.429. The predicted molar refractivity (Wildman–Crippen MR) is 42.0 cm³/mol. The summed E-state index contributed by atoms with van der Waals surface area (Å²) in [5.41, 5.74) is 5.02. The van der Waals surface area contributed by atoms with Crippen molar-refractivity contribution in [2.75, 3.05) is 6.66 Å². The van der Waals surface area contributed by atoms with Crippen LogP contribution in [0.2, 0.25) is 0 Å². The van der Waals surface area contributed by atoms with Gasteiger partial charge >= 0.3 is 5.97 Å². The van der Waals surface area contributed by atoms with E-state index in [1.807, 2.05) is 0 Å². The fraction of sp³-hybridized carbons (Fsp3) is 0.800. The van der Waals surface area contributed by atoms with Crippen LogP contribution >= 0.6 is 7.37 Å². The van der Waals surface area contributed by atoms with Crippen molar-refractivity contribution < 1.29 is 24.5 Å². The molecule has 0 spiro atoms. The molecule has 0 amide bonds. The number of aliphatic carboxylic acids is 1. The normalized spacial score (nSPS) is 21.0. The first-order valence-electron chi connectivity index (χ1n) is 3.21. The number of aliphatic hydroxyl groups excluding tert-OH is 1. The Bertz CT molecular complexity index is 212. The Morgan fingerprint density at radius 2 is 2.08 bits per heavy atom. The van der Waals surface area contributed by atoms with Gasteiger partial charge in [0.2, 0.25) is 7.37 Å². The smallest absolute Gasteiger partial charge is 0.320 e. The van der Waals surface area contributed by atoms with Gasteiger partial charge in [0.1, 0.15) is 11.9 Å². The van der Waals surface area contributed by atoms with Crippen LogP contribution in [0, 0.1) is 0 Å². The lowest BCUT2D eigenvalue weighted by molar-refractivity contribution is -0.139. The molecule has 0 aliphatic rings. The Labute approximate surface area is 69.5 Å². The van der Waals surface area contributed by atoms with Crippen molar-refractivity contribution in [3.8, 4) is 0 Å². The third-order valence-corrected chi connectivity index (χ3v) is 2.65. The average molecular weight is 197 g/mol. The standard InChI is InChI=1S/C5H12NO5P/c1-12(10,11)4(7)2-3(6)5(8)9/h3-4,7H,2,6H2,1H3,(H,8,9)(H,10,11)/t3-,4?/m0/s1. The lowest BCUT2D eigenvalue weighted by Crippen LogP contribution is -2.33. The summed E-state index contributed by atoms with van der Waals surface area (Å²) in [5.74, 6) is -2.87. The lowest BCUT2D eigenvalue weighted by Gasteiger charge is -2.15. The first-order valence-corrected chi connectivity index (χ1v) is 5.39. The summed E-state index contributed by atoms with van der Waals surface area (Å²) < 4.78 is 10.7. The number of carbonyl (C=O) groups is 1. The highest BCUT2D eigenvalue weighted by molar-refractivity contribution is 7.57. The second kappa shape index (κ2) is 4.00. The molecule has 0 fully saturated rings. The van der Waals surface area contributed by atoms with E-state index in [9.17, 15) is 9.36 Å². The molecule has 0 aromatic heterocycles. The second-order valence-electron chi connectivity index (χ2n) is 2.60. The topological polar surface area (TPSA) is 121 Å². The van der Waals surface area contributed by atoms with Crippen molar-refractivity contribution in [3.05, 3.63) is 0 Å². The number of aliphatic hydroxyl groups is 1. The van der Waals surface area contributed by atoms with Gasteiger partial charge < -0.3 is 20.8 Å². The molecular formula is C5H12NO5P. The minimum Gasteiger partial charge on any atom is -0.480 e. The molecule has 3 atom stereocenters. The monoisotopic (exact) mass is 197 g/mol. The van der Waals surface area contributed by atoms with Gasteiger partial charge in [-0.2, -0.15) is 0 Å². The predicted octanol–water partition coefficient (Wildman–Crippen LogP) is -0.993. The molecular weight excluding hydrogens is 185 g/mol. The number of carboxylic acids is 1. The van der Waals surface area contributed by atoms with E-state index in [4.69, 9.17) is 20.8 Å². The molecule has 6 nitrogen and oxygen atoms in total. The molecule has 0 aromatic rings. The number of hydrogen-bond donors (Lipinski definition) is 4. The van der Waals surface area contributed by atoms with Gasteiger partial charge in [-0.15, -0.1) is 0 Å². The summed E-state index contributed by atoms with van der Waals surface area (Å²) in [6, 6.07) is -1.31. The van der Waals surface area contributed by atoms with E-state index in [0.717, 1.165) is 6.66 Å². The summed E-state index contributed by atoms with van der Waals surface area (Å²) in [4.78, 5) is 18.9. The molecule has 0 saturated heterocycles. The molecule has 0 aromatic carbocycles. The molecule has 0 radical (unpaired) electrons. The van der Waals surface area contributed by atoms with E-state index in [2.05, 4.69) is 0 Å². The first kappa shape index (κ1) is 11.6. The molecule has 0 heterocycles. The Kier molecular flexibility index (Phi) is 3.86. The maximum Gasteiger partial charge on any atom is 0.320 e. The van der Waals surface area contributed by atoms with Crippen LogP contribution in [0.3, 0.4) is 0 Å². The largest absolute Gasteiger partial charge is 0.480 e. The molecule has 0 saturated carbocycles. The molecule has 0 bridgehead atoms. The number of rotatable bonds is 4. The van der Waals surface area contributed by atoms with Crippen molar-refractivity contribution >= 4 is 13.3 Å². The Morgan fingerprint density at radius 3 is 2.33 bits per heavy atom. The number of carboxylic acid groups (broad SMARTS) is 1. The Morgan fingerprint density at radius 1 is 1.67 bits per heavy atom. The summed E-state index contributed by atoms with van der Waals surface area (Å²) >= 11 is 0. The van der Waals surface area contributed by atoms with E-state index >= 15 is 0 Å². The third-order valence-electron chi connectivity index (χ3n) is 1.33. The minimum atomic E-state index is -3.64. The van der Waals surface area contributed by atoms with Gasteiger partial charge in [0, 0.05) is 13.1 Å². The van der Waals surface area contributed by atoms with Crippen molar-refractivity contribution in [1.29, 1.82) is 0 Å². The zero-order valence-corrected chi connectivity index (χ0v) is 7.44. The van der Waals surface area contributed by atoms with E-state index in [0.29, 0.717) is 0 Å². The lowest BCUT2D eigenvalue weighted by atomic mass is 10.2. The Hall–Kier alpha value is -0.420. The van der Waals surface area contributed by atoms with Crippen LogP contribution in [-0.2, 0) is 9.36 Å². The fourth-order valence-electron chi connectivity index (χ4n) is 0.524. The number of nitrogens with two attached hydrogens (primary N) is 1. The molecule has 2 unspecified atom stereocenters. The molecule has 0 aliphatic carbocycles. The maximum absolute atomic E-state index is 10.7. The molecule has 12 heavy (non-hydrogen) atoms. The molecule has 7 heteroatoms. The van der Waals surface area contributed by atoms with Crippen molar-refractivity contribution in [2.24, 2.45) is 5.73 Å². The highest BCUT2D eigenvalue weighted by Gasteiger charge is 2.27. The molecule has 5 N–H and O–H groups in total. The van der Waals surface area contributed by atoms with Gasteiger partial charge in [0.05, 0.1) is 0 Å². The van der Waals surface area contributed by atoms with Crippen molar-refractivity contribution in [1.82, 2.24) is 0 Å². The number of hydrogen-bond acceptors (Lipinski definition) is 4. The SMILES string of the molecule is CP(=O)(O)C(O)C[C@H](N)C(=O)O. The molecule has 0 rings (SSSR count). The maximum atomic E-state index is 10.7. The van der Waals surface area contributed by atoms with E-state index in [1.165, 1.54) is 0 Å². The van der Waals surface area contributed by atoms with Crippen molar-refractivity contribution in [2.45, 2.75) is 18.3 Å². The second-order valence-corrected chi connectivity index (χ2v) is 5.09. The molecule has 72 valence electrons. The van der Waals surface area contributed by atoms with Crippen LogP contribution < -0.4 is 5.73 Å². The molecule has 0 aliphatic heterocycles. The van der Waals surface area contributed by atoms with Gasteiger partial charge in [-0.3, -0.25) is 9.36 Å². The van der Waals surface area contributed by atoms with Gasteiger partial charge in [-0.05, 0) is 0 Å². The van der Waals surface area contributed by atoms with Crippen molar-refractivity contribution in [3.63, 3.8) is 0 Å². The minimum absolute atomic E-state index is 0.417. The summed E-state index contributed by atoms with van der Waals surface area (Å²) in [6.07, 6.45) is -0.417. The van der Waals surface area contributed by atoms with Gasteiger partial charge in [0.25, 0.3) is 0 Å². The summed E-state index contributed by atoms with van der Waals surface area (Å²) in [5, 5.41) is 17.2. The van der Waals surface area contributed by atoms with Crippen LogP contribution in [0.5, 0.6) is 0 Å². The van der Waals surface area contributed by atoms with Crippen LogP contribution in [-0.4, -0.2) is 39.6 Å². The highest BCUT2D eigenvalue weighted by atomic mass is 31.2. The van der Waals surface area contributed by atoms with E-state index < -0.39 is 31.6 Å². The van der Waals surface area contributed by atoms with Crippen LogP contribution in [0.15, 0.2) is 0 Å². The van der Waals surface area contributed by atoms with Crippen LogP contribution in [0.1, 0.15) is 6.42 Å². The Balaban J connectivity index is 4.11. The van der Waals surface area contributed by atoms with E-state index in [1.54, 1.807) is 0 Å². The van der Waals surface area contributed by atoms with Gasteiger partial charge in [0.15, 0.2) is 0 Å². The van der Waals surface area contributed by atoms with E-state index in [-0.39, 0.29) is 0 Å². The van der Waals surface area contributed by atoms with Gasteiger partial charge in [-0.1, -0.05) is 0 Å². The fourth-order valence-corrected chi connectivity index (χ4v) is 1.14. The summed E-state index contributed by atoms with van der Waals surface area (Å²) in [6.45, 7) is 0.951. The summed E-state index contributed by atoms with van der Waals surface area (Å²) in [7, 11) is -3.64. The third kappa shape index (κ3) is 3.82. The average Bonchev–Trinajstić information content (AvgIpc) is 1.85. The van der Waals surface area contributed by atoms with Crippen LogP contribution in [0.4, 0.5) is 0 Å². The first-order chi connectivity index (χ1) is 5.25. The highest BCUT2D eigenvalue weighted by Crippen LogP contribution is 2.41.